The lowest BCUT2D eigenvalue weighted by Crippen LogP contribution is -2.33. The molecule has 2 aromatic carbocycles. The van der Waals surface area contributed by atoms with E-state index in [2.05, 4.69) is 10.3 Å². The predicted molar refractivity (Wildman–Crippen MR) is 112 cm³/mol. The molecule has 0 radical (unpaired) electrons. The number of amides is 1. The molecule has 0 fully saturated rings. The topological polar surface area (TPSA) is 84.2 Å². The normalized spacial score (nSPS) is 10.9. The van der Waals surface area contributed by atoms with Gasteiger partial charge in [0, 0.05) is 17.8 Å². The van der Waals surface area contributed by atoms with Crippen LogP contribution < -0.4 is 10.9 Å². The highest BCUT2D eigenvalue weighted by Gasteiger charge is 2.23. The van der Waals surface area contributed by atoms with Crippen molar-refractivity contribution < 1.29 is 14.3 Å². The van der Waals surface area contributed by atoms with Crippen LogP contribution in [-0.2, 0) is 6.54 Å². The molecule has 4 aromatic rings. The number of carbonyl (C=O) groups excluding carboxylic acids is 1. The van der Waals surface area contributed by atoms with Crippen molar-refractivity contribution in [1.29, 1.82) is 0 Å². The van der Waals surface area contributed by atoms with E-state index in [9.17, 15) is 19.1 Å². The van der Waals surface area contributed by atoms with Gasteiger partial charge in [0.05, 0.1) is 11.1 Å². The summed E-state index contributed by atoms with van der Waals surface area (Å²) < 4.78 is 14.9. The summed E-state index contributed by atoms with van der Waals surface area (Å²) in [7, 11) is 0. The number of nitrogens with one attached hydrogen (secondary N) is 1. The Hall–Kier alpha value is -3.71. The van der Waals surface area contributed by atoms with Crippen molar-refractivity contribution in [1.82, 2.24) is 14.9 Å². The molecule has 2 heterocycles. The second-order valence-corrected chi connectivity index (χ2v) is 6.96. The standard InChI is InChI=1S/C22H15ClFN3O3/c23-14-8-6-13(7-9-14)12-26-21(29)18-19(28)17-5-2-10-25-20(17)27(22(18)30)16-4-1-3-15(24)11-16/h1-11,28H,12H2,(H,26,29). The Balaban J connectivity index is 1.82. The van der Waals surface area contributed by atoms with Crippen LogP contribution in [0, 0.1) is 5.82 Å². The molecule has 0 bridgehead atoms. The fraction of sp³-hybridized carbons (Fsp3) is 0.0455. The Kier molecular flexibility index (Phi) is 5.20. The van der Waals surface area contributed by atoms with Crippen LogP contribution in [0.5, 0.6) is 5.75 Å². The van der Waals surface area contributed by atoms with Gasteiger partial charge in [0.25, 0.3) is 11.5 Å². The monoisotopic (exact) mass is 423 g/mol. The van der Waals surface area contributed by atoms with Gasteiger partial charge in [-0.3, -0.25) is 14.2 Å². The van der Waals surface area contributed by atoms with E-state index in [1.165, 1.54) is 30.5 Å². The fourth-order valence-corrected chi connectivity index (χ4v) is 3.26. The molecule has 0 aliphatic rings. The molecule has 150 valence electrons. The van der Waals surface area contributed by atoms with Gasteiger partial charge < -0.3 is 10.4 Å². The maximum Gasteiger partial charge on any atom is 0.273 e. The van der Waals surface area contributed by atoms with Crippen LogP contribution in [0.3, 0.4) is 0 Å². The van der Waals surface area contributed by atoms with Gasteiger partial charge in [-0.25, -0.2) is 9.37 Å². The van der Waals surface area contributed by atoms with Crippen LogP contribution in [0.15, 0.2) is 71.7 Å². The first-order chi connectivity index (χ1) is 14.5. The first-order valence-electron chi connectivity index (χ1n) is 8.97. The lowest BCUT2D eigenvalue weighted by atomic mass is 10.1. The summed E-state index contributed by atoms with van der Waals surface area (Å²) in [5.41, 5.74) is -0.193. The Morgan fingerprint density at radius 3 is 2.63 bits per heavy atom. The molecule has 30 heavy (non-hydrogen) atoms. The number of hydrogen-bond acceptors (Lipinski definition) is 4. The summed E-state index contributed by atoms with van der Waals surface area (Å²) in [6.07, 6.45) is 1.44. The number of nitrogens with zero attached hydrogens (tertiary/aromatic N) is 2. The summed E-state index contributed by atoms with van der Waals surface area (Å²) in [6, 6.07) is 15.3. The lowest BCUT2D eigenvalue weighted by Gasteiger charge is -2.14. The molecule has 6 nitrogen and oxygen atoms in total. The van der Waals surface area contributed by atoms with Gasteiger partial charge in [-0.1, -0.05) is 29.8 Å². The number of hydrogen-bond donors (Lipinski definition) is 2. The number of pyridine rings is 2. The SMILES string of the molecule is O=C(NCc1ccc(Cl)cc1)c1c(O)c2cccnc2n(-c2cccc(F)c2)c1=O. The quantitative estimate of drug-likeness (QED) is 0.522. The zero-order valence-corrected chi connectivity index (χ0v) is 16.2. The van der Waals surface area contributed by atoms with Gasteiger partial charge in [-0.15, -0.1) is 0 Å². The number of benzene rings is 2. The maximum absolute atomic E-state index is 13.8. The largest absolute Gasteiger partial charge is 0.506 e. The molecule has 0 aliphatic heterocycles. The molecule has 0 saturated carbocycles. The van der Waals surface area contributed by atoms with Gasteiger partial charge >= 0.3 is 0 Å². The summed E-state index contributed by atoms with van der Waals surface area (Å²) >= 11 is 5.86. The second kappa shape index (κ2) is 7.96. The number of aromatic nitrogens is 2. The van der Waals surface area contributed by atoms with E-state index < -0.39 is 28.6 Å². The van der Waals surface area contributed by atoms with Gasteiger partial charge in [-0.05, 0) is 48.0 Å². The lowest BCUT2D eigenvalue weighted by molar-refractivity contribution is 0.0946. The van der Waals surface area contributed by atoms with E-state index in [4.69, 9.17) is 11.6 Å². The molecule has 1 amide bonds. The van der Waals surface area contributed by atoms with Crippen molar-refractivity contribution >= 4 is 28.5 Å². The number of aromatic hydroxyl groups is 1. The number of carbonyl (C=O) groups is 1. The van der Waals surface area contributed by atoms with Crippen molar-refractivity contribution in [2.45, 2.75) is 6.54 Å². The van der Waals surface area contributed by atoms with E-state index in [0.717, 1.165) is 16.2 Å². The first-order valence-corrected chi connectivity index (χ1v) is 9.35. The average molecular weight is 424 g/mol. The van der Waals surface area contributed by atoms with Crippen molar-refractivity contribution in [3.8, 4) is 11.4 Å². The van der Waals surface area contributed by atoms with Gasteiger partial charge in [0.2, 0.25) is 0 Å². The molecule has 8 heteroatoms. The maximum atomic E-state index is 13.8. The van der Waals surface area contributed by atoms with Crippen LogP contribution in [0.2, 0.25) is 5.02 Å². The predicted octanol–water partition coefficient (Wildman–Crippen LogP) is 3.81. The van der Waals surface area contributed by atoms with Crippen LogP contribution >= 0.6 is 11.6 Å². The highest BCUT2D eigenvalue weighted by atomic mass is 35.5. The number of halogens is 2. The number of fused-ring (bicyclic) bond motifs is 1. The molecule has 0 unspecified atom stereocenters. The van der Waals surface area contributed by atoms with Crippen LogP contribution in [-0.4, -0.2) is 20.6 Å². The second-order valence-electron chi connectivity index (χ2n) is 6.53. The molecule has 2 aromatic heterocycles. The van der Waals surface area contributed by atoms with Crippen LogP contribution in [0.4, 0.5) is 4.39 Å². The van der Waals surface area contributed by atoms with Crippen molar-refractivity contribution in [2.24, 2.45) is 0 Å². The minimum atomic E-state index is -0.807. The smallest absolute Gasteiger partial charge is 0.273 e. The number of rotatable bonds is 4. The van der Waals surface area contributed by atoms with Crippen LogP contribution in [0.1, 0.15) is 15.9 Å². The molecular weight excluding hydrogens is 409 g/mol. The Morgan fingerprint density at radius 1 is 1.13 bits per heavy atom. The van der Waals surface area contributed by atoms with Crippen LogP contribution in [0.25, 0.3) is 16.7 Å². The van der Waals surface area contributed by atoms with E-state index >= 15 is 0 Å². The Labute approximate surface area is 175 Å². The van der Waals surface area contributed by atoms with Gasteiger partial charge in [-0.2, -0.15) is 0 Å². The van der Waals surface area contributed by atoms with Crippen molar-refractivity contribution in [3.63, 3.8) is 0 Å². The fourth-order valence-electron chi connectivity index (χ4n) is 3.14. The zero-order chi connectivity index (χ0) is 21.3. The minimum Gasteiger partial charge on any atom is -0.506 e. The highest BCUT2D eigenvalue weighted by Crippen LogP contribution is 2.27. The van der Waals surface area contributed by atoms with E-state index in [1.54, 1.807) is 30.3 Å². The zero-order valence-electron chi connectivity index (χ0n) is 15.5. The molecule has 0 spiro atoms. The summed E-state index contributed by atoms with van der Waals surface area (Å²) in [4.78, 5) is 30.1. The highest BCUT2D eigenvalue weighted by molar-refractivity contribution is 6.30. The Morgan fingerprint density at radius 2 is 1.90 bits per heavy atom. The molecule has 0 atom stereocenters. The van der Waals surface area contributed by atoms with Gasteiger partial charge in [0.15, 0.2) is 5.65 Å². The third-order valence-electron chi connectivity index (χ3n) is 4.57. The van der Waals surface area contributed by atoms with E-state index in [1.807, 2.05) is 0 Å². The molecule has 0 saturated heterocycles. The third-order valence-corrected chi connectivity index (χ3v) is 4.82. The minimum absolute atomic E-state index is 0.111. The summed E-state index contributed by atoms with van der Waals surface area (Å²) in [5.74, 6) is -1.79. The van der Waals surface area contributed by atoms with Crippen molar-refractivity contribution in [2.75, 3.05) is 0 Å². The molecule has 4 rings (SSSR count). The summed E-state index contributed by atoms with van der Waals surface area (Å²) in [5, 5.41) is 14.0. The third kappa shape index (κ3) is 3.62. The van der Waals surface area contributed by atoms with E-state index in [-0.39, 0.29) is 23.3 Å². The molecule has 2 N–H and O–H groups in total. The average Bonchev–Trinajstić information content (AvgIpc) is 2.73. The Bertz CT molecular complexity index is 1320. The van der Waals surface area contributed by atoms with Gasteiger partial charge in [0.1, 0.15) is 17.1 Å². The van der Waals surface area contributed by atoms with Crippen molar-refractivity contribution in [3.05, 3.63) is 99.2 Å². The molecular formula is C22H15ClFN3O3. The summed E-state index contributed by atoms with van der Waals surface area (Å²) in [6.45, 7) is 0.125. The molecule has 0 aliphatic carbocycles. The first kappa shape index (κ1) is 19.6. The van der Waals surface area contributed by atoms with E-state index in [0.29, 0.717) is 5.02 Å².